The molecule has 2 aliphatic rings. The second-order valence-corrected chi connectivity index (χ2v) is 5.33. The van der Waals surface area contributed by atoms with E-state index in [1.54, 1.807) is 11.1 Å². The summed E-state index contributed by atoms with van der Waals surface area (Å²) in [6.07, 6.45) is 5.12. The number of benzene rings is 1. The summed E-state index contributed by atoms with van der Waals surface area (Å²) in [6, 6.07) is 6.87. The second-order valence-electron chi connectivity index (χ2n) is 5.33. The molecule has 0 bridgehead atoms. The molecule has 0 saturated carbocycles. The van der Waals surface area contributed by atoms with E-state index in [0.29, 0.717) is 0 Å². The summed E-state index contributed by atoms with van der Waals surface area (Å²) in [5.74, 6) is 0.726. The Balaban J connectivity index is 1.51. The third-order valence-corrected chi connectivity index (χ3v) is 3.95. The highest BCUT2D eigenvalue weighted by atomic mass is 16.5. The van der Waals surface area contributed by atoms with Crippen LogP contribution in [0, 0.1) is 5.92 Å². The van der Waals surface area contributed by atoms with E-state index in [1.165, 1.54) is 31.2 Å². The zero-order valence-electron chi connectivity index (χ0n) is 10.4. The van der Waals surface area contributed by atoms with Crippen LogP contribution in [0.2, 0.25) is 0 Å². The average Bonchev–Trinajstić information content (AvgIpc) is 2.98. The molecule has 0 radical (unpaired) electrons. The fourth-order valence-electron chi connectivity index (χ4n) is 2.92. The number of hydrogen-bond donors (Lipinski definition) is 1. The highest BCUT2D eigenvalue weighted by Gasteiger charge is 2.14. The summed E-state index contributed by atoms with van der Waals surface area (Å²) in [5.41, 5.74) is 4.44. The molecule has 1 fully saturated rings. The van der Waals surface area contributed by atoms with Gasteiger partial charge in [-0.2, -0.15) is 0 Å². The Labute approximate surface area is 103 Å². The topological polar surface area (TPSA) is 21.3 Å². The molecule has 0 spiro atoms. The maximum Gasteiger partial charge on any atom is 0.0717 e. The summed E-state index contributed by atoms with van der Waals surface area (Å²) in [7, 11) is 0. The molecule has 2 heteroatoms. The Morgan fingerprint density at radius 3 is 3.06 bits per heavy atom. The summed E-state index contributed by atoms with van der Waals surface area (Å²) in [4.78, 5) is 0. The molecule has 3 rings (SSSR count). The molecule has 92 valence electrons. The van der Waals surface area contributed by atoms with Crippen LogP contribution in [0.25, 0.3) is 0 Å². The van der Waals surface area contributed by atoms with Crippen molar-refractivity contribution in [2.45, 2.75) is 32.3 Å². The summed E-state index contributed by atoms with van der Waals surface area (Å²) < 4.78 is 5.82. The SMILES string of the molecule is c1cc2c(cc1COCC1CCNC1)CCC2. The minimum Gasteiger partial charge on any atom is -0.376 e. The molecule has 1 aliphatic carbocycles. The molecule has 0 aromatic heterocycles. The maximum atomic E-state index is 5.82. The van der Waals surface area contributed by atoms with Crippen molar-refractivity contribution in [2.24, 2.45) is 5.92 Å². The zero-order chi connectivity index (χ0) is 11.5. The number of fused-ring (bicyclic) bond motifs is 1. The van der Waals surface area contributed by atoms with Gasteiger partial charge in [0, 0.05) is 6.54 Å². The van der Waals surface area contributed by atoms with Crippen molar-refractivity contribution in [3.8, 4) is 0 Å². The molecule has 1 aliphatic heterocycles. The van der Waals surface area contributed by atoms with Crippen LogP contribution in [-0.2, 0) is 24.2 Å². The van der Waals surface area contributed by atoms with E-state index in [4.69, 9.17) is 4.74 Å². The monoisotopic (exact) mass is 231 g/mol. The number of hydrogen-bond acceptors (Lipinski definition) is 2. The molecule has 1 aromatic carbocycles. The molecule has 1 unspecified atom stereocenters. The Hall–Kier alpha value is -0.860. The van der Waals surface area contributed by atoms with E-state index >= 15 is 0 Å². The third kappa shape index (κ3) is 2.70. The predicted octanol–water partition coefficient (Wildman–Crippen LogP) is 2.30. The predicted molar refractivity (Wildman–Crippen MR) is 69.1 cm³/mol. The number of ether oxygens (including phenoxy) is 1. The van der Waals surface area contributed by atoms with E-state index < -0.39 is 0 Å². The zero-order valence-corrected chi connectivity index (χ0v) is 10.4. The van der Waals surface area contributed by atoms with Gasteiger partial charge in [-0.3, -0.25) is 0 Å². The van der Waals surface area contributed by atoms with E-state index in [2.05, 4.69) is 23.5 Å². The standard InChI is InChI=1S/C15H21NO/c1-2-14-5-4-12(8-15(14)3-1)10-17-11-13-6-7-16-9-13/h4-5,8,13,16H,1-3,6-7,9-11H2. The lowest BCUT2D eigenvalue weighted by Gasteiger charge is -2.10. The Morgan fingerprint density at radius 2 is 2.18 bits per heavy atom. The van der Waals surface area contributed by atoms with Crippen LogP contribution in [0.4, 0.5) is 0 Å². The molecule has 1 saturated heterocycles. The van der Waals surface area contributed by atoms with Gasteiger partial charge < -0.3 is 10.1 Å². The normalized spacial score (nSPS) is 22.9. The van der Waals surface area contributed by atoms with Gasteiger partial charge in [0.1, 0.15) is 0 Å². The molecule has 2 nitrogen and oxygen atoms in total. The first-order valence-electron chi connectivity index (χ1n) is 6.81. The summed E-state index contributed by atoms with van der Waals surface area (Å²) in [6.45, 7) is 3.98. The van der Waals surface area contributed by atoms with Crippen molar-refractivity contribution in [1.29, 1.82) is 0 Å². The maximum absolute atomic E-state index is 5.82. The minimum atomic E-state index is 0.726. The van der Waals surface area contributed by atoms with Crippen molar-refractivity contribution < 1.29 is 4.74 Å². The van der Waals surface area contributed by atoms with Gasteiger partial charge >= 0.3 is 0 Å². The third-order valence-electron chi connectivity index (χ3n) is 3.95. The van der Waals surface area contributed by atoms with Gasteiger partial charge in [-0.05, 0) is 54.8 Å². The van der Waals surface area contributed by atoms with Gasteiger partial charge in [-0.15, -0.1) is 0 Å². The van der Waals surface area contributed by atoms with Crippen LogP contribution in [-0.4, -0.2) is 19.7 Å². The van der Waals surface area contributed by atoms with Crippen molar-refractivity contribution in [3.63, 3.8) is 0 Å². The molecule has 1 atom stereocenters. The van der Waals surface area contributed by atoms with Gasteiger partial charge in [-0.1, -0.05) is 18.2 Å². The Morgan fingerprint density at radius 1 is 1.24 bits per heavy atom. The minimum absolute atomic E-state index is 0.726. The van der Waals surface area contributed by atoms with E-state index in [-0.39, 0.29) is 0 Å². The lowest BCUT2D eigenvalue weighted by Crippen LogP contribution is -2.13. The van der Waals surface area contributed by atoms with Gasteiger partial charge in [-0.25, -0.2) is 0 Å². The number of nitrogens with one attached hydrogen (secondary N) is 1. The highest BCUT2D eigenvalue weighted by molar-refractivity contribution is 5.34. The first-order chi connectivity index (χ1) is 8.42. The lowest BCUT2D eigenvalue weighted by atomic mass is 10.1. The number of rotatable bonds is 4. The van der Waals surface area contributed by atoms with Gasteiger partial charge in [0.25, 0.3) is 0 Å². The van der Waals surface area contributed by atoms with Crippen LogP contribution >= 0.6 is 0 Å². The van der Waals surface area contributed by atoms with E-state index in [1.807, 2.05) is 0 Å². The Kier molecular flexibility index (Phi) is 3.44. The van der Waals surface area contributed by atoms with Gasteiger partial charge in [0.2, 0.25) is 0 Å². The van der Waals surface area contributed by atoms with Crippen molar-refractivity contribution >= 4 is 0 Å². The van der Waals surface area contributed by atoms with Crippen molar-refractivity contribution in [1.82, 2.24) is 5.32 Å². The highest BCUT2D eigenvalue weighted by Crippen LogP contribution is 2.23. The second kappa shape index (κ2) is 5.19. The van der Waals surface area contributed by atoms with Crippen LogP contribution in [0.15, 0.2) is 18.2 Å². The van der Waals surface area contributed by atoms with E-state index in [0.717, 1.165) is 32.2 Å². The van der Waals surface area contributed by atoms with Gasteiger partial charge in [0.15, 0.2) is 0 Å². The van der Waals surface area contributed by atoms with Crippen molar-refractivity contribution in [3.05, 3.63) is 34.9 Å². The van der Waals surface area contributed by atoms with Crippen molar-refractivity contribution in [2.75, 3.05) is 19.7 Å². The first-order valence-corrected chi connectivity index (χ1v) is 6.81. The van der Waals surface area contributed by atoms with Crippen LogP contribution < -0.4 is 5.32 Å². The molecule has 0 amide bonds. The molecule has 1 N–H and O–H groups in total. The first kappa shape index (κ1) is 11.2. The lowest BCUT2D eigenvalue weighted by molar-refractivity contribution is 0.0924. The fourth-order valence-corrected chi connectivity index (χ4v) is 2.92. The van der Waals surface area contributed by atoms with E-state index in [9.17, 15) is 0 Å². The molecular formula is C15H21NO. The fraction of sp³-hybridized carbons (Fsp3) is 0.600. The quantitative estimate of drug-likeness (QED) is 0.858. The Bertz CT molecular complexity index is 383. The molecular weight excluding hydrogens is 210 g/mol. The largest absolute Gasteiger partial charge is 0.376 e. The summed E-state index contributed by atoms with van der Waals surface area (Å²) >= 11 is 0. The van der Waals surface area contributed by atoms with Crippen LogP contribution in [0.1, 0.15) is 29.5 Å². The van der Waals surface area contributed by atoms with Crippen LogP contribution in [0.5, 0.6) is 0 Å². The van der Waals surface area contributed by atoms with Gasteiger partial charge in [0.05, 0.1) is 13.2 Å². The smallest absolute Gasteiger partial charge is 0.0717 e. The molecule has 17 heavy (non-hydrogen) atoms. The summed E-state index contributed by atoms with van der Waals surface area (Å²) in [5, 5.41) is 3.37. The number of aryl methyl sites for hydroxylation is 2. The average molecular weight is 231 g/mol. The molecule has 1 aromatic rings. The molecule has 1 heterocycles. The van der Waals surface area contributed by atoms with Crippen LogP contribution in [0.3, 0.4) is 0 Å².